The molecule has 128 valence electrons. The Morgan fingerprint density at radius 3 is 2.48 bits per heavy atom. The van der Waals surface area contributed by atoms with E-state index in [1.165, 1.54) is 0 Å². The Balaban J connectivity index is 2.08. The van der Waals surface area contributed by atoms with Gasteiger partial charge >= 0.3 is 12.1 Å². The van der Waals surface area contributed by atoms with E-state index >= 15 is 0 Å². The Hall–Kier alpha value is -1.98. The summed E-state index contributed by atoms with van der Waals surface area (Å²) in [5, 5.41) is 0. The van der Waals surface area contributed by atoms with Crippen molar-refractivity contribution < 1.29 is 19.1 Å². The number of amides is 1. The number of carbonyl (C=O) groups excluding carboxylic acids is 2. The van der Waals surface area contributed by atoms with Crippen LogP contribution in [0, 0.1) is 0 Å². The summed E-state index contributed by atoms with van der Waals surface area (Å²) in [4.78, 5) is 26.0. The molecule has 6 nitrogen and oxygen atoms in total. The zero-order valence-electron chi connectivity index (χ0n) is 14.4. The van der Waals surface area contributed by atoms with E-state index in [-0.39, 0.29) is 12.1 Å². The molecule has 23 heavy (non-hydrogen) atoms. The van der Waals surface area contributed by atoms with E-state index in [9.17, 15) is 9.59 Å². The minimum absolute atomic E-state index is 0.312. The van der Waals surface area contributed by atoms with Gasteiger partial charge in [0.2, 0.25) is 0 Å². The van der Waals surface area contributed by atoms with Gasteiger partial charge in [-0.3, -0.25) is 0 Å². The molecule has 6 heteroatoms. The highest BCUT2D eigenvalue weighted by Gasteiger charge is 2.32. The summed E-state index contributed by atoms with van der Waals surface area (Å²) < 4.78 is 10.5. The summed E-state index contributed by atoms with van der Waals surface area (Å²) in [6.07, 6.45) is 1.58. The van der Waals surface area contributed by atoms with E-state index in [4.69, 9.17) is 15.2 Å². The van der Waals surface area contributed by atoms with Gasteiger partial charge in [0.25, 0.3) is 0 Å². The van der Waals surface area contributed by atoms with Crippen molar-refractivity contribution in [2.45, 2.75) is 52.6 Å². The van der Waals surface area contributed by atoms with E-state index in [1.807, 2.05) is 20.8 Å². The molecule has 2 aliphatic rings. The van der Waals surface area contributed by atoms with Crippen LogP contribution in [0.3, 0.4) is 0 Å². The number of nitrogens with zero attached hydrogens (tertiary/aromatic N) is 1. The first-order chi connectivity index (χ1) is 10.7. The summed E-state index contributed by atoms with van der Waals surface area (Å²) >= 11 is 0. The standard InChI is InChI=1S/C17H26N2O4/c1-5-22-15(20)14-12-7-9-19(16(21)23-17(2,3)4)8-6-11(12)10-13(14)18/h5-10,18H2,1-4H3. The first-order valence-corrected chi connectivity index (χ1v) is 8.08. The topological polar surface area (TPSA) is 81.9 Å². The van der Waals surface area contributed by atoms with Gasteiger partial charge in [-0.15, -0.1) is 0 Å². The van der Waals surface area contributed by atoms with Gasteiger partial charge in [0.05, 0.1) is 12.2 Å². The molecule has 0 aromatic carbocycles. The van der Waals surface area contributed by atoms with Crippen LogP contribution in [0.4, 0.5) is 4.79 Å². The molecule has 0 saturated carbocycles. The predicted molar refractivity (Wildman–Crippen MR) is 86.5 cm³/mol. The molecule has 1 aliphatic heterocycles. The highest BCUT2D eigenvalue weighted by atomic mass is 16.6. The van der Waals surface area contributed by atoms with Crippen LogP contribution in [0.5, 0.6) is 0 Å². The fraction of sp³-hybridized carbons (Fsp3) is 0.647. The maximum atomic E-state index is 12.2. The minimum atomic E-state index is -0.514. The zero-order valence-corrected chi connectivity index (χ0v) is 14.4. The third-order valence-corrected chi connectivity index (χ3v) is 3.90. The molecular formula is C17H26N2O4. The summed E-state index contributed by atoms with van der Waals surface area (Å²) in [6.45, 7) is 8.75. The van der Waals surface area contributed by atoms with Crippen LogP contribution >= 0.6 is 0 Å². The Morgan fingerprint density at radius 2 is 1.87 bits per heavy atom. The molecule has 2 rings (SSSR count). The second kappa shape index (κ2) is 6.64. The first-order valence-electron chi connectivity index (χ1n) is 8.08. The van der Waals surface area contributed by atoms with Gasteiger partial charge in [-0.1, -0.05) is 5.57 Å². The van der Waals surface area contributed by atoms with Gasteiger partial charge in [-0.2, -0.15) is 0 Å². The SMILES string of the molecule is CCOC(=O)C1=C(N)CC2=C1CCN(C(=O)OC(C)(C)C)CC2. The smallest absolute Gasteiger partial charge is 0.410 e. The Labute approximate surface area is 137 Å². The van der Waals surface area contributed by atoms with E-state index in [0.29, 0.717) is 50.2 Å². The number of allylic oxidation sites excluding steroid dienone is 1. The normalized spacial score (nSPS) is 18.7. The van der Waals surface area contributed by atoms with E-state index < -0.39 is 5.60 Å². The molecule has 0 bridgehead atoms. The molecule has 1 aliphatic carbocycles. The zero-order chi connectivity index (χ0) is 17.2. The lowest BCUT2D eigenvalue weighted by molar-refractivity contribution is -0.138. The first kappa shape index (κ1) is 17.4. The predicted octanol–water partition coefficient (Wildman–Crippen LogP) is 2.49. The fourth-order valence-corrected chi connectivity index (χ4v) is 2.93. The van der Waals surface area contributed by atoms with E-state index in [0.717, 1.165) is 11.1 Å². The Bertz CT molecular complexity index is 570. The van der Waals surface area contributed by atoms with Gasteiger partial charge in [0.1, 0.15) is 5.60 Å². The lowest BCUT2D eigenvalue weighted by atomic mass is 10.0. The van der Waals surface area contributed by atoms with Crippen LogP contribution in [-0.4, -0.2) is 42.3 Å². The van der Waals surface area contributed by atoms with Crippen molar-refractivity contribution in [3.05, 3.63) is 22.4 Å². The average Bonchev–Trinajstić information content (AvgIpc) is 2.60. The Morgan fingerprint density at radius 1 is 1.22 bits per heavy atom. The molecule has 1 amide bonds. The molecule has 0 saturated heterocycles. The van der Waals surface area contributed by atoms with Crippen LogP contribution in [0.2, 0.25) is 0 Å². The summed E-state index contributed by atoms with van der Waals surface area (Å²) in [6, 6.07) is 0. The molecule has 0 spiro atoms. The largest absolute Gasteiger partial charge is 0.462 e. The quantitative estimate of drug-likeness (QED) is 0.790. The number of hydrogen-bond acceptors (Lipinski definition) is 5. The molecule has 2 N–H and O–H groups in total. The number of rotatable bonds is 2. The highest BCUT2D eigenvalue weighted by Crippen LogP contribution is 2.36. The number of esters is 1. The lowest BCUT2D eigenvalue weighted by Gasteiger charge is -2.26. The molecule has 0 aromatic rings. The molecule has 1 heterocycles. The number of carbonyl (C=O) groups is 2. The molecule has 0 aromatic heterocycles. The maximum absolute atomic E-state index is 12.2. The van der Waals surface area contributed by atoms with Crippen LogP contribution in [0.1, 0.15) is 47.0 Å². The molecule has 0 fully saturated rings. The fourth-order valence-electron chi connectivity index (χ4n) is 2.93. The van der Waals surface area contributed by atoms with Gasteiger partial charge in [0.15, 0.2) is 0 Å². The second-order valence-corrected chi connectivity index (χ2v) is 6.85. The Kier molecular flexibility index (Phi) is 5.02. The number of hydrogen-bond donors (Lipinski definition) is 1. The van der Waals surface area contributed by atoms with Crippen molar-refractivity contribution in [3.63, 3.8) is 0 Å². The summed E-state index contributed by atoms with van der Waals surface area (Å²) in [5.74, 6) is -0.360. The number of ether oxygens (including phenoxy) is 2. The van der Waals surface area contributed by atoms with Gasteiger partial charge in [-0.05, 0) is 46.1 Å². The van der Waals surface area contributed by atoms with Crippen molar-refractivity contribution >= 4 is 12.1 Å². The third-order valence-electron chi connectivity index (χ3n) is 3.90. The molecule has 0 radical (unpaired) electrons. The van der Waals surface area contributed by atoms with Crippen molar-refractivity contribution in [3.8, 4) is 0 Å². The van der Waals surface area contributed by atoms with Crippen LogP contribution in [-0.2, 0) is 14.3 Å². The second-order valence-electron chi connectivity index (χ2n) is 6.85. The third kappa shape index (κ3) is 4.06. The van der Waals surface area contributed by atoms with Gasteiger partial charge in [0, 0.05) is 25.2 Å². The highest BCUT2D eigenvalue weighted by molar-refractivity contribution is 5.95. The summed E-state index contributed by atoms with van der Waals surface area (Å²) in [5.41, 5.74) is 8.69. The van der Waals surface area contributed by atoms with Crippen LogP contribution < -0.4 is 5.73 Å². The lowest BCUT2D eigenvalue weighted by Crippen LogP contribution is -2.37. The molecular weight excluding hydrogens is 296 g/mol. The molecule has 0 unspecified atom stereocenters. The monoisotopic (exact) mass is 322 g/mol. The minimum Gasteiger partial charge on any atom is -0.462 e. The van der Waals surface area contributed by atoms with Crippen LogP contribution in [0.15, 0.2) is 22.4 Å². The van der Waals surface area contributed by atoms with Crippen molar-refractivity contribution in [2.75, 3.05) is 19.7 Å². The van der Waals surface area contributed by atoms with E-state index in [1.54, 1.807) is 11.8 Å². The number of nitrogens with two attached hydrogens (primary N) is 1. The van der Waals surface area contributed by atoms with Crippen LogP contribution in [0.25, 0.3) is 0 Å². The molecule has 0 atom stereocenters. The average molecular weight is 322 g/mol. The van der Waals surface area contributed by atoms with Crippen molar-refractivity contribution in [1.29, 1.82) is 0 Å². The summed E-state index contributed by atoms with van der Waals surface area (Å²) in [7, 11) is 0. The maximum Gasteiger partial charge on any atom is 0.410 e. The van der Waals surface area contributed by atoms with Gasteiger partial charge < -0.3 is 20.1 Å². The van der Waals surface area contributed by atoms with E-state index in [2.05, 4.69) is 0 Å². The van der Waals surface area contributed by atoms with Gasteiger partial charge in [-0.25, -0.2) is 9.59 Å². The van der Waals surface area contributed by atoms with Crippen molar-refractivity contribution in [1.82, 2.24) is 4.90 Å². The van der Waals surface area contributed by atoms with Crippen molar-refractivity contribution in [2.24, 2.45) is 5.73 Å².